The number of hydrogen-bond donors (Lipinski definition) is 1. The quantitative estimate of drug-likeness (QED) is 0.909. The number of hydrogen-bond acceptors (Lipinski definition) is 3. The summed E-state index contributed by atoms with van der Waals surface area (Å²) in [5.41, 5.74) is 2.09. The molecule has 5 nitrogen and oxygen atoms in total. The second-order valence-corrected chi connectivity index (χ2v) is 6.18. The first-order chi connectivity index (χ1) is 9.05. The Bertz CT molecular complexity index is 636. The summed E-state index contributed by atoms with van der Waals surface area (Å²) in [7, 11) is -3.51. The largest absolute Gasteiger partial charge is 0.266 e. The zero-order valence-corrected chi connectivity index (χ0v) is 11.8. The van der Waals surface area contributed by atoms with Crippen molar-refractivity contribution < 1.29 is 8.42 Å². The summed E-state index contributed by atoms with van der Waals surface area (Å²) in [6.07, 6.45) is 1.44. The third-order valence-corrected chi connectivity index (χ3v) is 4.90. The van der Waals surface area contributed by atoms with Gasteiger partial charge in [-0.2, -0.15) is 9.40 Å². The zero-order chi connectivity index (χ0) is 13.9. The molecule has 1 aromatic carbocycles. The van der Waals surface area contributed by atoms with Gasteiger partial charge in [0.05, 0.1) is 6.20 Å². The van der Waals surface area contributed by atoms with Gasteiger partial charge in [-0.15, -0.1) is 0 Å². The molecule has 0 unspecified atom stereocenters. The van der Waals surface area contributed by atoms with Crippen LogP contribution in [0, 0.1) is 6.92 Å². The minimum Gasteiger partial charge on any atom is -0.266 e. The van der Waals surface area contributed by atoms with Crippen molar-refractivity contribution in [1.82, 2.24) is 14.5 Å². The Morgan fingerprint density at radius 2 is 2.00 bits per heavy atom. The van der Waals surface area contributed by atoms with Crippen LogP contribution in [0.5, 0.6) is 0 Å². The van der Waals surface area contributed by atoms with Gasteiger partial charge in [0.25, 0.3) is 10.0 Å². The van der Waals surface area contributed by atoms with Crippen LogP contribution in [0.3, 0.4) is 0 Å². The third kappa shape index (κ3) is 2.85. The fraction of sp³-hybridized carbons (Fsp3) is 0.308. The highest BCUT2D eigenvalue weighted by atomic mass is 32.2. The van der Waals surface area contributed by atoms with E-state index in [9.17, 15) is 8.42 Å². The molecule has 0 amide bonds. The van der Waals surface area contributed by atoms with Crippen molar-refractivity contribution in [2.75, 3.05) is 6.54 Å². The van der Waals surface area contributed by atoms with Crippen LogP contribution in [0.4, 0.5) is 0 Å². The van der Waals surface area contributed by atoms with Gasteiger partial charge in [-0.05, 0) is 24.1 Å². The molecule has 0 aliphatic carbocycles. The lowest BCUT2D eigenvalue weighted by molar-refractivity contribution is 0.420. The maximum atomic E-state index is 12.4. The van der Waals surface area contributed by atoms with Gasteiger partial charge in [-0.25, -0.2) is 8.42 Å². The van der Waals surface area contributed by atoms with Gasteiger partial charge in [0.15, 0.2) is 5.03 Å². The van der Waals surface area contributed by atoms with Crippen molar-refractivity contribution in [3.63, 3.8) is 0 Å². The van der Waals surface area contributed by atoms with Gasteiger partial charge < -0.3 is 0 Å². The van der Waals surface area contributed by atoms with Crippen LogP contribution in [0.1, 0.15) is 18.1 Å². The van der Waals surface area contributed by atoms with E-state index in [-0.39, 0.29) is 5.03 Å². The molecule has 1 heterocycles. The molecule has 0 aliphatic rings. The van der Waals surface area contributed by atoms with Crippen molar-refractivity contribution in [3.05, 3.63) is 47.7 Å². The second-order valence-electron chi connectivity index (χ2n) is 4.28. The molecule has 0 saturated heterocycles. The van der Waals surface area contributed by atoms with Gasteiger partial charge >= 0.3 is 0 Å². The maximum absolute atomic E-state index is 12.4. The number of nitrogens with zero attached hydrogens (tertiary/aromatic N) is 2. The molecule has 1 aromatic heterocycles. The standard InChI is InChI=1S/C13H17N3O2S/c1-3-16(10-12-7-5-4-6-11(12)2)19(17,18)13-8-9-14-15-13/h4-9H,3,10H2,1-2H3,(H,14,15). The molecule has 2 aromatic rings. The summed E-state index contributed by atoms with van der Waals surface area (Å²) in [6, 6.07) is 9.25. The Balaban J connectivity index is 2.29. The maximum Gasteiger partial charge on any atom is 0.260 e. The Kier molecular flexibility index (Phi) is 4.01. The van der Waals surface area contributed by atoms with E-state index in [0.29, 0.717) is 13.1 Å². The van der Waals surface area contributed by atoms with Gasteiger partial charge in [0.2, 0.25) is 0 Å². The normalized spacial score (nSPS) is 11.9. The lowest BCUT2D eigenvalue weighted by atomic mass is 10.1. The number of aromatic amines is 1. The van der Waals surface area contributed by atoms with Crippen LogP contribution in [0.25, 0.3) is 0 Å². The number of H-pyrrole nitrogens is 1. The van der Waals surface area contributed by atoms with E-state index in [1.165, 1.54) is 16.6 Å². The van der Waals surface area contributed by atoms with Crippen molar-refractivity contribution in [2.45, 2.75) is 25.4 Å². The first kappa shape index (κ1) is 13.8. The first-order valence-corrected chi connectivity index (χ1v) is 7.53. The number of sulfonamides is 1. The summed E-state index contributed by atoms with van der Waals surface area (Å²) >= 11 is 0. The number of nitrogens with one attached hydrogen (secondary N) is 1. The Morgan fingerprint density at radius 1 is 1.26 bits per heavy atom. The van der Waals surface area contributed by atoms with E-state index in [1.54, 1.807) is 0 Å². The summed E-state index contributed by atoms with van der Waals surface area (Å²) in [5.74, 6) is 0. The van der Waals surface area contributed by atoms with Crippen molar-refractivity contribution >= 4 is 10.0 Å². The van der Waals surface area contributed by atoms with E-state index >= 15 is 0 Å². The average Bonchev–Trinajstić information content (AvgIpc) is 2.92. The molecule has 0 aliphatic heterocycles. The Morgan fingerprint density at radius 3 is 2.58 bits per heavy atom. The average molecular weight is 279 g/mol. The van der Waals surface area contributed by atoms with E-state index in [4.69, 9.17) is 0 Å². The lowest BCUT2D eigenvalue weighted by Gasteiger charge is -2.20. The summed E-state index contributed by atoms with van der Waals surface area (Å²) in [4.78, 5) is 0. The zero-order valence-electron chi connectivity index (χ0n) is 11.0. The minimum atomic E-state index is -3.51. The minimum absolute atomic E-state index is 0.128. The Labute approximate surface area is 113 Å². The van der Waals surface area contributed by atoms with Gasteiger partial charge in [0, 0.05) is 13.1 Å². The molecule has 0 radical (unpaired) electrons. The van der Waals surface area contributed by atoms with Crippen LogP contribution in [-0.2, 0) is 16.6 Å². The summed E-state index contributed by atoms with van der Waals surface area (Å²) in [5, 5.41) is 6.34. The number of benzene rings is 1. The molecule has 0 bridgehead atoms. The van der Waals surface area contributed by atoms with Crippen molar-refractivity contribution in [3.8, 4) is 0 Å². The molecule has 2 rings (SSSR count). The van der Waals surface area contributed by atoms with Crippen LogP contribution in [0.15, 0.2) is 41.6 Å². The molecule has 19 heavy (non-hydrogen) atoms. The van der Waals surface area contributed by atoms with Crippen LogP contribution in [-0.4, -0.2) is 29.5 Å². The molecule has 0 fully saturated rings. The second kappa shape index (κ2) is 5.54. The van der Waals surface area contributed by atoms with Crippen LogP contribution >= 0.6 is 0 Å². The highest BCUT2D eigenvalue weighted by molar-refractivity contribution is 7.89. The van der Waals surface area contributed by atoms with E-state index in [1.807, 2.05) is 38.1 Å². The fourth-order valence-corrected chi connectivity index (χ4v) is 3.20. The molecule has 0 atom stereocenters. The van der Waals surface area contributed by atoms with Gasteiger partial charge in [0.1, 0.15) is 0 Å². The molecular formula is C13H17N3O2S. The smallest absolute Gasteiger partial charge is 0.260 e. The Hall–Kier alpha value is -1.66. The third-order valence-electron chi connectivity index (χ3n) is 3.05. The SMILES string of the molecule is CCN(Cc1ccccc1C)S(=O)(=O)c1ccn[nH]1. The molecular weight excluding hydrogens is 262 g/mol. The highest BCUT2D eigenvalue weighted by Crippen LogP contribution is 2.17. The molecule has 0 spiro atoms. The first-order valence-electron chi connectivity index (χ1n) is 6.09. The van der Waals surface area contributed by atoms with Crippen LogP contribution in [0.2, 0.25) is 0 Å². The van der Waals surface area contributed by atoms with E-state index in [0.717, 1.165) is 11.1 Å². The predicted octanol–water partition coefficient (Wildman–Crippen LogP) is 1.93. The topological polar surface area (TPSA) is 66.1 Å². The summed E-state index contributed by atoms with van der Waals surface area (Å²) < 4.78 is 26.2. The van der Waals surface area contributed by atoms with E-state index in [2.05, 4.69) is 10.2 Å². The van der Waals surface area contributed by atoms with Gasteiger partial charge in [-0.3, -0.25) is 5.10 Å². The number of aromatic nitrogens is 2. The molecule has 6 heteroatoms. The van der Waals surface area contributed by atoms with E-state index < -0.39 is 10.0 Å². The molecule has 102 valence electrons. The van der Waals surface area contributed by atoms with Crippen molar-refractivity contribution in [1.29, 1.82) is 0 Å². The number of aryl methyl sites for hydroxylation is 1. The molecule has 0 saturated carbocycles. The highest BCUT2D eigenvalue weighted by Gasteiger charge is 2.24. The predicted molar refractivity (Wildman–Crippen MR) is 73.0 cm³/mol. The summed E-state index contributed by atoms with van der Waals surface area (Å²) in [6.45, 7) is 4.58. The lowest BCUT2D eigenvalue weighted by Crippen LogP contribution is -2.31. The van der Waals surface area contributed by atoms with Gasteiger partial charge in [-0.1, -0.05) is 31.2 Å². The van der Waals surface area contributed by atoms with Crippen LogP contribution < -0.4 is 0 Å². The monoisotopic (exact) mass is 279 g/mol. The fourth-order valence-electron chi connectivity index (χ4n) is 1.87. The van der Waals surface area contributed by atoms with Crippen molar-refractivity contribution in [2.24, 2.45) is 0 Å². The number of rotatable bonds is 5. The molecule has 1 N–H and O–H groups in total.